The lowest BCUT2D eigenvalue weighted by atomic mass is 10.1. The average Bonchev–Trinajstić information content (AvgIpc) is 2.89. The lowest BCUT2D eigenvalue weighted by Crippen LogP contribution is -2.25. The van der Waals surface area contributed by atoms with E-state index in [1.807, 2.05) is 27.7 Å². The molecule has 3 nitrogen and oxygen atoms in total. The monoisotopic (exact) mass is 268 g/mol. The Bertz CT molecular complexity index is 327. The highest BCUT2D eigenvalue weighted by Crippen LogP contribution is 2.52. The van der Waals surface area contributed by atoms with Crippen molar-refractivity contribution < 1.29 is 14.3 Å². The molecule has 110 valence electrons. The molecule has 19 heavy (non-hydrogen) atoms. The van der Waals surface area contributed by atoms with Gasteiger partial charge >= 0.3 is 5.97 Å². The third-order valence-electron chi connectivity index (χ3n) is 3.62. The van der Waals surface area contributed by atoms with Gasteiger partial charge in [-0.25, -0.2) is 0 Å². The Balaban J connectivity index is 2.56. The Morgan fingerprint density at radius 3 is 2.16 bits per heavy atom. The van der Waals surface area contributed by atoms with E-state index in [2.05, 4.69) is 6.92 Å². The highest BCUT2D eigenvalue weighted by Gasteiger charge is 2.55. The van der Waals surface area contributed by atoms with Gasteiger partial charge in [-0.2, -0.15) is 0 Å². The number of Topliss-reactive ketones (excluding diaryl/α,β-unsaturated/α-hetero) is 1. The molecule has 0 bridgehead atoms. The lowest BCUT2D eigenvalue weighted by molar-refractivity contribution is -0.157. The fourth-order valence-electron chi connectivity index (χ4n) is 2.81. The summed E-state index contributed by atoms with van der Waals surface area (Å²) in [6.07, 6.45) is 4.16. The highest BCUT2D eigenvalue weighted by atomic mass is 16.6. The van der Waals surface area contributed by atoms with Gasteiger partial charge in [-0.15, -0.1) is 0 Å². The second kappa shape index (κ2) is 6.53. The predicted octanol–water partition coefficient (Wildman–Crippen LogP) is 3.75. The van der Waals surface area contributed by atoms with Crippen LogP contribution in [0.1, 0.15) is 66.7 Å². The smallest absolute Gasteiger partial charge is 0.310 e. The summed E-state index contributed by atoms with van der Waals surface area (Å²) < 4.78 is 5.46. The van der Waals surface area contributed by atoms with Crippen molar-refractivity contribution in [3.05, 3.63) is 0 Å². The Morgan fingerprint density at radius 2 is 1.68 bits per heavy atom. The van der Waals surface area contributed by atoms with Gasteiger partial charge in [0.15, 0.2) is 0 Å². The third-order valence-corrected chi connectivity index (χ3v) is 3.62. The minimum atomic E-state index is -0.436. The van der Waals surface area contributed by atoms with Gasteiger partial charge in [0.1, 0.15) is 11.4 Å². The Hall–Kier alpha value is -0.860. The maximum absolute atomic E-state index is 12.1. The summed E-state index contributed by atoms with van der Waals surface area (Å²) in [6.45, 7) is 9.80. The number of esters is 1. The van der Waals surface area contributed by atoms with E-state index < -0.39 is 5.60 Å². The molecule has 3 atom stereocenters. The zero-order valence-electron chi connectivity index (χ0n) is 13.0. The maximum Gasteiger partial charge on any atom is 0.310 e. The summed E-state index contributed by atoms with van der Waals surface area (Å²) in [5.41, 5.74) is -0.436. The van der Waals surface area contributed by atoms with Crippen LogP contribution in [0.4, 0.5) is 0 Å². The normalized spacial score (nSPS) is 26.1. The van der Waals surface area contributed by atoms with Crippen LogP contribution in [0.2, 0.25) is 0 Å². The van der Waals surface area contributed by atoms with Crippen molar-refractivity contribution in [3.8, 4) is 0 Å². The van der Waals surface area contributed by atoms with Crippen LogP contribution in [0.5, 0.6) is 0 Å². The molecule has 1 aliphatic carbocycles. The van der Waals surface area contributed by atoms with Crippen LogP contribution in [0, 0.1) is 17.8 Å². The average molecular weight is 268 g/mol. The molecule has 0 aromatic heterocycles. The van der Waals surface area contributed by atoms with Gasteiger partial charge in [0.25, 0.3) is 0 Å². The van der Waals surface area contributed by atoms with Gasteiger partial charge in [-0.3, -0.25) is 9.59 Å². The van der Waals surface area contributed by atoms with E-state index in [9.17, 15) is 9.59 Å². The molecule has 0 saturated heterocycles. The number of hydrogen-bond donors (Lipinski definition) is 0. The molecule has 0 unspecified atom stereocenters. The number of carbonyl (C=O) groups is 2. The van der Waals surface area contributed by atoms with Crippen molar-refractivity contribution in [1.29, 1.82) is 0 Å². The molecule has 0 aliphatic heterocycles. The zero-order valence-corrected chi connectivity index (χ0v) is 13.0. The fraction of sp³-hybridized carbons (Fsp3) is 0.875. The van der Waals surface area contributed by atoms with Crippen LogP contribution >= 0.6 is 0 Å². The minimum absolute atomic E-state index is 0.0417. The number of hydrogen-bond acceptors (Lipinski definition) is 3. The molecule has 1 rings (SSSR count). The van der Waals surface area contributed by atoms with E-state index in [1.165, 1.54) is 0 Å². The molecule has 0 N–H and O–H groups in total. The molecule has 1 aliphatic rings. The number of ketones is 1. The SMILES string of the molecule is CCCC(=O)C[C@H]1[C@H](CCC)[C@@H]1C(=O)OC(C)(C)C. The number of carbonyl (C=O) groups excluding carboxylic acids is 2. The molecular weight excluding hydrogens is 240 g/mol. The highest BCUT2D eigenvalue weighted by molar-refractivity contribution is 5.82. The summed E-state index contributed by atoms with van der Waals surface area (Å²) >= 11 is 0. The van der Waals surface area contributed by atoms with Crippen LogP contribution < -0.4 is 0 Å². The summed E-state index contributed by atoms with van der Waals surface area (Å²) in [5, 5.41) is 0. The van der Waals surface area contributed by atoms with E-state index in [0.717, 1.165) is 19.3 Å². The predicted molar refractivity (Wildman–Crippen MR) is 75.8 cm³/mol. The van der Waals surface area contributed by atoms with Crippen molar-refractivity contribution in [1.82, 2.24) is 0 Å². The fourth-order valence-corrected chi connectivity index (χ4v) is 2.81. The van der Waals surface area contributed by atoms with E-state index in [0.29, 0.717) is 24.5 Å². The third kappa shape index (κ3) is 4.96. The molecule has 1 fully saturated rings. The topological polar surface area (TPSA) is 43.4 Å². The van der Waals surface area contributed by atoms with Crippen LogP contribution in [-0.2, 0) is 14.3 Å². The van der Waals surface area contributed by atoms with Gasteiger partial charge in [-0.05, 0) is 45.4 Å². The number of rotatable bonds is 7. The Morgan fingerprint density at radius 1 is 1.05 bits per heavy atom. The van der Waals surface area contributed by atoms with Crippen LogP contribution in [0.25, 0.3) is 0 Å². The first-order chi connectivity index (χ1) is 8.80. The zero-order chi connectivity index (χ0) is 14.6. The van der Waals surface area contributed by atoms with Crippen LogP contribution in [0.15, 0.2) is 0 Å². The quantitative estimate of drug-likeness (QED) is 0.660. The molecule has 0 aromatic rings. The molecular formula is C16H28O3. The maximum atomic E-state index is 12.1. The molecule has 3 heteroatoms. The number of ether oxygens (including phenoxy) is 1. The van der Waals surface area contributed by atoms with Gasteiger partial charge in [0.05, 0.1) is 5.92 Å². The van der Waals surface area contributed by atoms with E-state index in [4.69, 9.17) is 4.74 Å². The molecule has 0 aromatic carbocycles. The largest absolute Gasteiger partial charge is 0.460 e. The van der Waals surface area contributed by atoms with Gasteiger partial charge in [-0.1, -0.05) is 20.3 Å². The minimum Gasteiger partial charge on any atom is -0.460 e. The van der Waals surface area contributed by atoms with Crippen molar-refractivity contribution in [2.75, 3.05) is 0 Å². The second-order valence-electron chi connectivity index (χ2n) is 6.67. The van der Waals surface area contributed by atoms with Gasteiger partial charge in [0, 0.05) is 12.8 Å². The van der Waals surface area contributed by atoms with Gasteiger partial charge < -0.3 is 4.74 Å². The standard InChI is InChI=1S/C16H28O3/c1-6-8-11(17)10-13-12(9-7-2)14(13)15(18)19-16(3,4)5/h12-14H,6-10H2,1-5H3/t12-,13-,14-/m0/s1. The molecule has 1 saturated carbocycles. The summed E-state index contributed by atoms with van der Waals surface area (Å²) in [5.74, 6) is 0.731. The van der Waals surface area contributed by atoms with Crippen LogP contribution in [-0.4, -0.2) is 17.4 Å². The first kappa shape index (κ1) is 16.2. The molecule has 0 heterocycles. The summed E-state index contributed by atoms with van der Waals surface area (Å²) in [4.78, 5) is 23.9. The van der Waals surface area contributed by atoms with Crippen molar-refractivity contribution in [2.45, 2.75) is 72.3 Å². The van der Waals surface area contributed by atoms with E-state index >= 15 is 0 Å². The molecule has 0 spiro atoms. The first-order valence-corrected chi connectivity index (χ1v) is 7.54. The Kier molecular flexibility index (Phi) is 5.57. The second-order valence-corrected chi connectivity index (χ2v) is 6.67. The van der Waals surface area contributed by atoms with Crippen LogP contribution in [0.3, 0.4) is 0 Å². The summed E-state index contributed by atoms with van der Waals surface area (Å²) in [7, 11) is 0. The lowest BCUT2D eigenvalue weighted by Gasteiger charge is -2.19. The van der Waals surface area contributed by atoms with E-state index in [-0.39, 0.29) is 17.8 Å². The molecule has 0 amide bonds. The Labute approximate surface area is 117 Å². The van der Waals surface area contributed by atoms with Crippen molar-refractivity contribution in [3.63, 3.8) is 0 Å². The van der Waals surface area contributed by atoms with Gasteiger partial charge in [0.2, 0.25) is 0 Å². The van der Waals surface area contributed by atoms with Crippen molar-refractivity contribution >= 4 is 11.8 Å². The van der Waals surface area contributed by atoms with Crippen molar-refractivity contribution in [2.24, 2.45) is 17.8 Å². The first-order valence-electron chi connectivity index (χ1n) is 7.54. The summed E-state index contributed by atoms with van der Waals surface area (Å²) in [6, 6.07) is 0. The van der Waals surface area contributed by atoms with E-state index in [1.54, 1.807) is 0 Å². The molecule has 0 radical (unpaired) electrons.